The molecular formula is C18H16F3N5O2. The zero-order valence-electron chi connectivity index (χ0n) is 14.7. The molecule has 10 heteroatoms. The van der Waals surface area contributed by atoms with E-state index in [4.69, 9.17) is 9.47 Å². The van der Waals surface area contributed by atoms with Crippen LogP contribution in [0.5, 0.6) is 11.5 Å². The van der Waals surface area contributed by atoms with Gasteiger partial charge in [-0.2, -0.15) is 13.2 Å². The number of aromatic amines is 1. The predicted molar refractivity (Wildman–Crippen MR) is 93.4 cm³/mol. The standard InChI is InChI=1S/C18H16F3N5O2/c19-18(20,21)17-24-15-14(22-9-23-15)16(25-17)26-5-1-2-11(26)10-3-4-12-13(8-10)28-7-6-27-12/h3-4,8-9,11H,1-2,5-7H2,(H,22,23,24,25). The molecule has 0 saturated carbocycles. The van der Waals surface area contributed by atoms with Crippen molar-refractivity contribution in [1.82, 2.24) is 19.9 Å². The summed E-state index contributed by atoms with van der Waals surface area (Å²) in [6, 6.07) is 5.53. The third kappa shape index (κ3) is 2.79. The Bertz CT molecular complexity index is 1040. The molecule has 1 fully saturated rings. The monoisotopic (exact) mass is 391 g/mol. The molecule has 5 rings (SSSR count). The highest BCUT2D eigenvalue weighted by Gasteiger charge is 2.38. The van der Waals surface area contributed by atoms with Gasteiger partial charge in [-0.05, 0) is 30.5 Å². The maximum atomic E-state index is 13.3. The number of rotatable bonds is 2. The number of nitrogens with one attached hydrogen (secondary N) is 1. The maximum Gasteiger partial charge on any atom is 0.451 e. The number of H-pyrrole nitrogens is 1. The number of halogens is 3. The number of fused-ring (bicyclic) bond motifs is 2. The number of ether oxygens (including phenoxy) is 2. The highest BCUT2D eigenvalue weighted by Crippen LogP contribution is 2.41. The van der Waals surface area contributed by atoms with Crippen molar-refractivity contribution in [3.63, 3.8) is 0 Å². The summed E-state index contributed by atoms with van der Waals surface area (Å²) in [5.41, 5.74) is 1.35. The molecule has 4 heterocycles. The average Bonchev–Trinajstić information content (AvgIpc) is 3.35. The number of hydrogen-bond acceptors (Lipinski definition) is 6. The van der Waals surface area contributed by atoms with Crippen molar-refractivity contribution in [1.29, 1.82) is 0 Å². The molecule has 0 bridgehead atoms. The van der Waals surface area contributed by atoms with Crippen LogP contribution in [-0.2, 0) is 6.18 Å². The molecule has 1 N–H and O–H groups in total. The highest BCUT2D eigenvalue weighted by molar-refractivity contribution is 5.83. The van der Waals surface area contributed by atoms with Gasteiger partial charge in [0.2, 0.25) is 5.82 Å². The van der Waals surface area contributed by atoms with Crippen molar-refractivity contribution in [3.8, 4) is 11.5 Å². The van der Waals surface area contributed by atoms with Crippen LogP contribution >= 0.6 is 0 Å². The van der Waals surface area contributed by atoms with Crippen molar-refractivity contribution < 1.29 is 22.6 Å². The molecule has 146 valence electrons. The third-order valence-corrected chi connectivity index (χ3v) is 5.00. The first-order valence-corrected chi connectivity index (χ1v) is 8.95. The quantitative estimate of drug-likeness (QED) is 0.721. The maximum absolute atomic E-state index is 13.3. The summed E-state index contributed by atoms with van der Waals surface area (Å²) in [5, 5.41) is 0. The second-order valence-electron chi connectivity index (χ2n) is 6.72. The van der Waals surface area contributed by atoms with E-state index < -0.39 is 12.0 Å². The first-order chi connectivity index (χ1) is 13.5. The third-order valence-electron chi connectivity index (χ3n) is 5.00. The fourth-order valence-electron chi connectivity index (χ4n) is 3.79. The number of aromatic nitrogens is 4. The van der Waals surface area contributed by atoms with Crippen LogP contribution in [0.1, 0.15) is 30.3 Å². The van der Waals surface area contributed by atoms with Gasteiger partial charge in [-0.15, -0.1) is 0 Å². The second kappa shape index (κ2) is 6.25. The van der Waals surface area contributed by atoms with Gasteiger partial charge in [0.15, 0.2) is 23.0 Å². The topological polar surface area (TPSA) is 76.2 Å². The molecular weight excluding hydrogens is 375 g/mol. The van der Waals surface area contributed by atoms with E-state index in [9.17, 15) is 13.2 Å². The Kier molecular flexibility index (Phi) is 3.81. The van der Waals surface area contributed by atoms with Gasteiger partial charge in [0.25, 0.3) is 0 Å². The Labute approximate surface area is 157 Å². The molecule has 0 spiro atoms. The number of benzene rings is 1. The fraction of sp³-hybridized carbons (Fsp3) is 0.389. The van der Waals surface area contributed by atoms with E-state index in [0.29, 0.717) is 36.8 Å². The van der Waals surface area contributed by atoms with Crippen LogP contribution in [0.2, 0.25) is 0 Å². The molecule has 0 radical (unpaired) electrons. The summed E-state index contributed by atoms with van der Waals surface area (Å²) in [6.07, 6.45) is -1.69. The fourth-order valence-corrected chi connectivity index (χ4v) is 3.79. The van der Waals surface area contributed by atoms with Gasteiger partial charge < -0.3 is 19.4 Å². The summed E-state index contributed by atoms with van der Waals surface area (Å²) in [6.45, 7) is 1.56. The summed E-state index contributed by atoms with van der Waals surface area (Å²) in [7, 11) is 0. The van der Waals surface area contributed by atoms with Crippen LogP contribution in [0.15, 0.2) is 24.5 Å². The van der Waals surface area contributed by atoms with Crippen molar-refractivity contribution >= 4 is 17.0 Å². The molecule has 2 aliphatic rings. The van der Waals surface area contributed by atoms with Crippen LogP contribution in [0, 0.1) is 0 Å². The van der Waals surface area contributed by atoms with Crippen LogP contribution in [-0.4, -0.2) is 39.7 Å². The Morgan fingerprint density at radius 2 is 1.93 bits per heavy atom. The van der Waals surface area contributed by atoms with Gasteiger partial charge >= 0.3 is 6.18 Å². The number of anilines is 1. The first-order valence-electron chi connectivity index (χ1n) is 8.95. The number of alkyl halides is 3. The van der Waals surface area contributed by atoms with Crippen LogP contribution in [0.3, 0.4) is 0 Å². The Morgan fingerprint density at radius 3 is 2.75 bits per heavy atom. The van der Waals surface area contributed by atoms with Gasteiger partial charge in [-0.1, -0.05) is 6.07 Å². The Balaban J connectivity index is 1.58. The molecule has 7 nitrogen and oxygen atoms in total. The van der Waals surface area contributed by atoms with E-state index in [2.05, 4.69) is 19.9 Å². The summed E-state index contributed by atoms with van der Waals surface area (Å²) < 4.78 is 51.1. The van der Waals surface area contributed by atoms with Gasteiger partial charge in [-0.3, -0.25) is 0 Å². The van der Waals surface area contributed by atoms with Crippen LogP contribution in [0.25, 0.3) is 11.2 Å². The predicted octanol–water partition coefficient (Wildman–Crippen LogP) is 3.48. The zero-order valence-corrected chi connectivity index (χ0v) is 14.7. The Morgan fingerprint density at radius 1 is 1.11 bits per heavy atom. The molecule has 2 aliphatic heterocycles. The molecule has 1 atom stereocenters. The lowest BCUT2D eigenvalue weighted by atomic mass is 10.0. The first kappa shape index (κ1) is 17.1. The van der Waals surface area contributed by atoms with Crippen molar-refractivity contribution in [2.75, 3.05) is 24.7 Å². The van der Waals surface area contributed by atoms with Crippen LogP contribution in [0.4, 0.5) is 19.0 Å². The molecule has 3 aromatic rings. The minimum atomic E-state index is -4.64. The molecule has 2 aromatic heterocycles. The number of nitrogens with zero attached hydrogens (tertiary/aromatic N) is 4. The minimum Gasteiger partial charge on any atom is -0.486 e. The lowest BCUT2D eigenvalue weighted by molar-refractivity contribution is -0.144. The molecule has 0 amide bonds. The second-order valence-corrected chi connectivity index (χ2v) is 6.72. The Hall–Kier alpha value is -3.04. The van der Waals surface area contributed by atoms with Gasteiger partial charge in [0, 0.05) is 6.54 Å². The minimum absolute atomic E-state index is 0.00477. The largest absolute Gasteiger partial charge is 0.486 e. The van der Waals surface area contributed by atoms with Crippen molar-refractivity contribution in [2.45, 2.75) is 25.1 Å². The van der Waals surface area contributed by atoms with E-state index in [1.807, 2.05) is 23.1 Å². The lowest BCUT2D eigenvalue weighted by Crippen LogP contribution is -2.26. The van der Waals surface area contributed by atoms with E-state index in [-0.39, 0.29) is 17.5 Å². The van der Waals surface area contributed by atoms with Crippen molar-refractivity contribution in [3.05, 3.63) is 35.9 Å². The summed E-state index contributed by atoms with van der Waals surface area (Å²) in [5.74, 6) is 0.361. The van der Waals surface area contributed by atoms with Crippen LogP contribution < -0.4 is 14.4 Å². The molecule has 1 unspecified atom stereocenters. The summed E-state index contributed by atoms with van der Waals surface area (Å²) in [4.78, 5) is 16.1. The molecule has 0 aliphatic carbocycles. The van der Waals surface area contributed by atoms with E-state index in [1.165, 1.54) is 6.33 Å². The average molecular weight is 391 g/mol. The zero-order chi connectivity index (χ0) is 19.3. The van der Waals surface area contributed by atoms with Crippen molar-refractivity contribution in [2.24, 2.45) is 0 Å². The molecule has 1 saturated heterocycles. The van der Waals surface area contributed by atoms with E-state index in [0.717, 1.165) is 18.4 Å². The van der Waals surface area contributed by atoms with E-state index in [1.54, 1.807) is 0 Å². The van der Waals surface area contributed by atoms with Gasteiger partial charge in [0.05, 0.1) is 12.4 Å². The van der Waals surface area contributed by atoms with Gasteiger partial charge in [0.1, 0.15) is 18.7 Å². The SMILES string of the molecule is FC(F)(F)c1nc(N2CCCC2c2ccc3c(c2)OCCO3)c2[nH]cnc2n1. The molecule has 1 aromatic carbocycles. The number of imidazole rings is 1. The van der Waals surface area contributed by atoms with Gasteiger partial charge in [-0.25, -0.2) is 15.0 Å². The smallest absolute Gasteiger partial charge is 0.451 e. The van der Waals surface area contributed by atoms with E-state index >= 15 is 0 Å². The summed E-state index contributed by atoms with van der Waals surface area (Å²) >= 11 is 0. The number of hydrogen-bond donors (Lipinski definition) is 1. The highest BCUT2D eigenvalue weighted by atomic mass is 19.4. The normalized spacial score (nSPS) is 19.4. The lowest BCUT2D eigenvalue weighted by Gasteiger charge is -2.28. The molecule has 28 heavy (non-hydrogen) atoms.